The topological polar surface area (TPSA) is 17.1 Å². The summed E-state index contributed by atoms with van der Waals surface area (Å²) in [5.41, 5.74) is 1.47. The van der Waals surface area contributed by atoms with Crippen LogP contribution in [0.2, 0.25) is 5.02 Å². The fourth-order valence-corrected chi connectivity index (χ4v) is 2.61. The van der Waals surface area contributed by atoms with Crippen molar-refractivity contribution in [2.45, 2.75) is 4.83 Å². The van der Waals surface area contributed by atoms with Gasteiger partial charge in [-0.25, -0.2) is 0 Å². The molecular weight excluding hydrogens is 300 g/mol. The predicted octanol–water partition coefficient (Wildman–Crippen LogP) is 4.66. The highest BCUT2D eigenvalue weighted by Crippen LogP contribution is 2.31. The van der Waals surface area contributed by atoms with E-state index < -0.39 is 4.83 Å². The van der Waals surface area contributed by atoms with Crippen molar-refractivity contribution in [3.05, 3.63) is 70.7 Å². The number of halogens is 2. The lowest BCUT2D eigenvalue weighted by atomic mass is 10.0. The second kappa shape index (κ2) is 5.48. The fourth-order valence-electron chi connectivity index (χ4n) is 1.57. The summed E-state index contributed by atoms with van der Waals surface area (Å²) in [6.07, 6.45) is 0. The Labute approximate surface area is 114 Å². The summed E-state index contributed by atoms with van der Waals surface area (Å²) in [5.74, 6) is 0.0127. The van der Waals surface area contributed by atoms with E-state index in [1.165, 1.54) is 0 Å². The smallest absolute Gasteiger partial charge is 0.180 e. The van der Waals surface area contributed by atoms with E-state index in [0.717, 1.165) is 5.56 Å². The lowest BCUT2D eigenvalue weighted by Gasteiger charge is -2.10. The van der Waals surface area contributed by atoms with Crippen molar-refractivity contribution in [3.63, 3.8) is 0 Å². The van der Waals surface area contributed by atoms with E-state index >= 15 is 0 Å². The molecule has 0 radical (unpaired) electrons. The summed E-state index contributed by atoms with van der Waals surface area (Å²) < 4.78 is 0. The summed E-state index contributed by atoms with van der Waals surface area (Å²) in [6.45, 7) is 0. The molecule has 0 bridgehead atoms. The number of Topliss-reactive ketones (excluding diaryl/α,β-unsaturated/α-hetero) is 1. The fraction of sp³-hybridized carbons (Fsp3) is 0.0714. The van der Waals surface area contributed by atoms with Gasteiger partial charge in [-0.05, 0) is 11.6 Å². The van der Waals surface area contributed by atoms with Gasteiger partial charge >= 0.3 is 0 Å². The zero-order chi connectivity index (χ0) is 12.3. The Morgan fingerprint density at radius 3 is 2.24 bits per heavy atom. The van der Waals surface area contributed by atoms with Gasteiger partial charge in [0.1, 0.15) is 4.83 Å². The number of ketones is 1. The Hall–Kier alpha value is -1.12. The standard InChI is InChI=1S/C14H10BrClO/c15-13(11-8-4-5-9-12(11)16)14(17)10-6-2-1-3-7-10/h1-9,13H. The van der Waals surface area contributed by atoms with Crippen LogP contribution in [0.25, 0.3) is 0 Å². The molecular formula is C14H10BrClO. The van der Waals surface area contributed by atoms with E-state index in [9.17, 15) is 4.79 Å². The van der Waals surface area contributed by atoms with Crippen LogP contribution < -0.4 is 0 Å². The van der Waals surface area contributed by atoms with Gasteiger partial charge in [0, 0.05) is 10.6 Å². The quantitative estimate of drug-likeness (QED) is 0.595. The van der Waals surface area contributed by atoms with Crippen molar-refractivity contribution >= 4 is 33.3 Å². The van der Waals surface area contributed by atoms with Crippen LogP contribution in [0.4, 0.5) is 0 Å². The van der Waals surface area contributed by atoms with Gasteiger partial charge in [0.15, 0.2) is 5.78 Å². The number of carbonyl (C=O) groups excluding carboxylic acids is 1. The van der Waals surface area contributed by atoms with Gasteiger partial charge in [-0.1, -0.05) is 76.1 Å². The molecule has 0 aliphatic heterocycles. The molecule has 1 nitrogen and oxygen atoms in total. The average molecular weight is 310 g/mol. The third kappa shape index (κ3) is 2.76. The minimum atomic E-state index is -0.404. The summed E-state index contributed by atoms with van der Waals surface area (Å²) >= 11 is 9.47. The van der Waals surface area contributed by atoms with Crippen LogP contribution in [0.3, 0.4) is 0 Å². The van der Waals surface area contributed by atoms with Crippen molar-refractivity contribution in [1.29, 1.82) is 0 Å². The summed E-state index contributed by atoms with van der Waals surface area (Å²) in [4.78, 5) is 11.8. The lowest BCUT2D eigenvalue weighted by molar-refractivity contribution is 0.0991. The zero-order valence-electron chi connectivity index (χ0n) is 8.94. The largest absolute Gasteiger partial charge is 0.293 e. The molecule has 0 N–H and O–H groups in total. The summed E-state index contributed by atoms with van der Waals surface area (Å²) in [6, 6.07) is 16.5. The Kier molecular flexibility index (Phi) is 3.97. The molecule has 0 heterocycles. The number of hydrogen-bond donors (Lipinski definition) is 0. The Morgan fingerprint density at radius 1 is 1.00 bits per heavy atom. The molecule has 0 amide bonds. The van der Waals surface area contributed by atoms with E-state index in [2.05, 4.69) is 15.9 Å². The summed E-state index contributed by atoms with van der Waals surface area (Å²) in [7, 11) is 0. The Balaban J connectivity index is 2.30. The van der Waals surface area contributed by atoms with Gasteiger partial charge in [0.25, 0.3) is 0 Å². The molecule has 1 atom stereocenters. The predicted molar refractivity (Wildman–Crippen MR) is 73.9 cm³/mol. The normalized spacial score (nSPS) is 12.1. The van der Waals surface area contributed by atoms with Crippen LogP contribution in [0, 0.1) is 0 Å². The molecule has 3 heteroatoms. The highest BCUT2D eigenvalue weighted by molar-refractivity contribution is 9.09. The minimum Gasteiger partial charge on any atom is -0.293 e. The molecule has 0 aliphatic rings. The molecule has 0 spiro atoms. The average Bonchev–Trinajstić information content (AvgIpc) is 2.39. The maximum Gasteiger partial charge on any atom is 0.180 e. The molecule has 86 valence electrons. The van der Waals surface area contributed by atoms with E-state index in [4.69, 9.17) is 11.6 Å². The van der Waals surface area contributed by atoms with Gasteiger partial charge in [0.05, 0.1) is 0 Å². The number of hydrogen-bond acceptors (Lipinski definition) is 1. The van der Waals surface area contributed by atoms with Gasteiger partial charge in [0.2, 0.25) is 0 Å². The van der Waals surface area contributed by atoms with Crippen molar-refractivity contribution in [3.8, 4) is 0 Å². The van der Waals surface area contributed by atoms with Crippen LogP contribution in [0.15, 0.2) is 54.6 Å². The SMILES string of the molecule is O=C(c1ccccc1)C(Br)c1ccccc1Cl. The van der Waals surface area contributed by atoms with Crippen LogP contribution >= 0.6 is 27.5 Å². The maximum absolute atomic E-state index is 12.2. The third-order valence-electron chi connectivity index (χ3n) is 2.47. The van der Waals surface area contributed by atoms with E-state index in [-0.39, 0.29) is 5.78 Å². The number of alkyl halides is 1. The first-order chi connectivity index (χ1) is 8.20. The first kappa shape index (κ1) is 12.3. The molecule has 0 saturated heterocycles. The molecule has 17 heavy (non-hydrogen) atoms. The van der Waals surface area contributed by atoms with Crippen molar-refractivity contribution in [2.24, 2.45) is 0 Å². The molecule has 0 aromatic heterocycles. The zero-order valence-corrected chi connectivity index (χ0v) is 11.3. The van der Waals surface area contributed by atoms with E-state index in [0.29, 0.717) is 10.6 Å². The number of carbonyl (C=O) groups is 1. The highest BCUT2D eigenvalue weighted by Gasteiger charge is 2.20. The van der Waals surface area contributed by atoms with Crippen LogP contribution in [0.1, 0.15) is 20.7 Å². The first-order valence-electron chi connectivity index (χ1n) is 5.18. The molecule has 2 aromatic rings. The maximum atomic E-state index is 12.2. The molecule has 0 fully saturated rings. The number of rotatable bonds is 3. The second-order valence-corrected chi connectivity index (χ2v) is 4.94. The van der Waals surface area contributed by atoms with E-state index in [1.54, 1.807) is 18.2 Å². The highest BCUT2D eigenvalue weighted by atomic mass is 79.9. The van der Waals surface area contributed by atoms with Crippen LogP contribution in [-0.2, 0) is 0 Å². The molecule has 1 unspecified atom stereocenters. The monoisotopic (exact) mass is 308 g/mol. The lowest BCUT2D eigenvalue weighted by Crippen LogP contribution is -2.07. The van der Waals surface area contributed by atoms with Crippen molar-refractivity contribution in [1.82, 2.24) is 0 Å². The molecule has 2 aromatic carbocycles. The van der Waals surface area contributed by atoms with Gasteiger partial charge in [-0.3, -0.25) is 4.79 Å². The van der Waals surface area contributed by atoms with Crippen molar-refractivity contribution in [2.75, 3.05) is 0 Å². The minimum absolute atomic E-state index is 0.0127. The van der Waals surface area contributed by atoms with E-state index in [1.807, 2.05) is 36.4 Å². The van der Waals surface area contributed by atoms with Crippen LogP contribution in [-0.4, -0.2) is 5.78 Å². The van der Waals surface area contributed by atoms with Crippen molar-refractivity contribution < 1.29 is 4.79 Å². The van der Waals surface area contributed by atoms with Gasteiger partial charge < -0.3 is 0 Å². The Bertz CT molecular complexity index is 525. The third-order valence-corrected chi connectivity index (χ3v) is 3.72. The van der Waals surface area contributed by atoms with Gasteiger partial charge in [-0.15, -0.1) is 0 Å². The summed E-state index contributed by atoms with van der Waals surface area (Å²) in [5, 5.41) is 0.596. The molecule has 2 rings (SSSR count). The molecule has 0 aliphatic carbocycles. The first-order valence-corrected chi connectivity index (χ1v) is 6.47. The number of benzene rings is 2. The van der Waals surface area contributed by atoms with Crippen LogP contribution in [0.5, 0.6) is 0 Å². The second-order valence-electron chi connectivity index (χ2n) is 3.61. The van der Waals surface area contributed by atoms with Gasteiger partial charge in [-0.2, -0.15) is 0 Å². The molecule has 0 saturated carbocycles. The Morgan fingerprint density at radius 2 is 1.59 bits per heavy atom.